The van der Waals surface area contributed by atoms with Crippen LogP contribution in [0.3, 0.4) is 0 Å². The minimum absolute atomic E-state index is 0.146. The number of likely N-dealkylation sites (N-methyl/N-ethyl adjacent to an activating group) is 1. The van der Waals surface area contributed by atoms with Crippen LogP contribution in [0.5, 0.6) is 0 Å². The molecule has 6 nitrogen and oxygen atoms in total. The number of amides is 1. The van der Waals surface area contributed by atoms with Gasteiger partial charge in [0, 0.05) is 65.2 Å². The number of H-pyrrole nitrogens is 1. The van der Waals surface area contributed by atoms with Crippen LogP contribution in [-0.2, 0) is 4.79 Å². The van der Waals surface area contributed by atoms with E-state index in [2.05, 4.69) is 26.3 Å². The van der Waals surface area contributed by atoms with Crippen LogP contribution < -0.4 is 5.32 Å². The highest BCUT2D eigenvalue weighted by Gasteiger charge is 2.10. The number of anilines is 1. The summed E-state index contributed by atoms with van der Waals surface area (Å²) in [5.74, 6) is -0.146. The molecule has 4 rings (SSSR count). The molecule has 0 aliphatic carbocycles. The Bertz CT molecular complexity index is 1190. The second-order valence-electron chi connectivity index (χ2n) is 7.30. The van der Waals surface area contributed by atoms with E-state index in [1.54, 1.807) is 12.3 Å². The average Bonchev–Trinajstić information content (AvgIpc) is 3.17. The van der Waals surface area contributed by atoms with E-state index in [0.29, 0.717) is 0 Å². The molecule has 1 amide bonds. The third-order valence-corrected chi connectivity index (χ3v) is 4.71. The van der Waals surface area contributed by atoms with Gasteiger partial charge < -0.3 is 15.2 Å². The zero-order valence-electron chi connectivity index (χ0n) is 17.0. The van der Waals surface area contributed by atoms with Crippen LogP contribution in [0.25, 0.3) is 33.3 Å². The lowest BCUT2D eigenvalue weighted by atomic mass is 10.0. The van der Waals surface area contributed by atoms with Crippen LogP contribution in [0.1, 0.15) is 0 Å². The maximum absolute atomic E-state index is 12.1. The zero-order valence-corrected chi connectivity index (χ0v) is 17.0. The van der Waals surface area contributed by atoms with E-state index >= 15 is 0 Å². The summed E-state index contributed by atoms with van der Waals surface area (Å²) >= 11 is 0. The number of aromatic nitrogens is 3. The molecule has 0 unspecified atom stereocenters. The Balaban J connectivity index is 1.61. The zero-order chi connectivity index (χ0) is 20.9. The molecule has 4 aromatic rings. The fourth-order valence-corrected chi connectivity index (χ4v) is 3.25. The van der Waals surface area contributed by atoms with Crippen molar-refractivity contribution in [3.05, 3.63) is 79.4 Å². The molecule has 0 bridgehead atoms. The van der Waals surface area contributed by atoms with Gasteiger partial charge in [-0.25, -0.2) is 4.98 Å². The van der Waals surface area contributed by atoms with Crippen molar-refractivity contribution in [1.82, 2.24) is 19.9 Å². The van der Waals surface area contributed by atoms with Gasteiger partial charge in [-0.2, -0.15) is 0 Å². The van der Waals surface area contributed by atoms with Gasteiger partial charge in [0.25, 0.3) is 0 Å². The number of aromatic amines is 1. The quantitative estimate of drug-likeness (QED) is 0.475. The van der Waals surface area contributed by atoms with Crippen molar-refractivity contribution in [2.24, 2.45) is 0 Å². The minimum Gasteiger partial charge on any atom is -0.346 e. The van der Waals surface area contributed by atoms with Crippen molar-refractivity contribution >= 4 is 22.6 Å². The number of carbonyl (C=O) groups is 1. The summed E-state index contributed by atoms with van der Waals surface area (Å²) in [4.78, 5) is 26.1. The Hall–Kier alpha value is -3.77. The normalized spacial score (nSPS) is 11.4. The van der Waals surface area contributed by atoms with E-state index < -0.39 is 0 Å². The van der Waals surface area contributed by atoms with Gasteiger partial charge in [-0.3, -0.25) is 9.78 Å². The molecule has 0 radical (unpaired) electrons. The third-order valence-electron chi connectivity index (χ3n) is 4.71. The monoisotopic (exact) mass is 397 g/mol. The van der Waals surface area contributed by atoms with Gasteiger partial charge in [-0.1, -0.05) is 24.3 Å². The largest absolute Gasteiger partial charge is 0.346 e. The number of pyridine rings is 2. The van der Waals surface area contributed by atoms with Crippen LogP contribution in [0.15, 0.2) is 79.4 Å². The van der Waals surface area contributed by atoms with Crippen molar-refractivity contribution < 1.29 is 4.79 Å². The molecule has 0 spiro atoms. The van der Waals surface area contributed by atoms with Crippen LogP contribution in [0.2, 0.25) is 0 Å². The first kappa shape index (κ1) is 19.5. The van der Waals surface area contributed by atoms with Gasteiger partial charge in [0.2, 0.25) is 5.91 Å². The molecule has 0 saturated heterocycles. The predicted molar refractivity (Wildman–Crippen MR) is 121 cm³/mol. The lowest BCUT2D eigenvalue weighted by Gasteiger charge is -2.07. The van der Waals surface area contributed by atoms with Gasteiger partial charge in [0.05, 0.1) is 0 Å². The minimum atomic E-state index is -0.146. The van der Waals surface area contributed by atoms with Gasteiger partial charge in [-0.15, -0.1) is 0 Å². The number of carbonyl (C=O) groups excluding carboxylic acids is 1. The van der Waals surface area contributed by atoms with Gasteiger partial charge >= 0.3 is 0 Å². The Morgan fingerprint density at radius 2 is 1.97 bits per heavy atom. The van der Waals surface area contributed by atoms with Gasteiger partial charge in [0.15, 0.2) is 0 Å². The Kier molecular flexibility index (Phi) is 5.68. The smallest absolute Gasteiger partial charge is 0.248 e. The summed E-state index contributed by atoms with van der Waals surface area (Å²) in [6, 6.07) is 13.8. The van der Waals surface area contributed by atoms with E-state index in [9.17, 15) is 4.79 Å². The second kappa shape index (κ2) is 8.71. The fraction of sp³-hybridized carbons (Fsp3) is 0.125. The molecular formula is C24H23N5O. The second-order valence-corrected chi connectivity index (χ2v) is 7.30. The molecule has 6 heteroatoms. The summed E-state index contributed by atoms with van der Waals surface area (Å²) in [6.07, 6.45) is 10.8. The van der Waals surface area contributed by atoms with Crippen molar-refractivity contribution in [1.29, 1.82) is 0 Å². The van der Waals surface area contributed by atoms with Crippen LogP contribution >= 0.6 is 0 Å². The number of benzene rings is 1. The first-order valence-corrected chi connectivity index (χ1v) is 9.70. The highest BCUT2D eigenvalue weighted by molar-refractivity contribution is 6.00. The van der Waals surface area contributed by atoms with E-state index in [1.807, 2.05) is 80.1 Å². The van der Waals surface area contributed by atoms with E-state index in [4.69, 9.17) is 0 Å². The molecule has 150 valence electrons. The molecule has 0 fully saturated rings. The SMILES string of the molecule is CN(C)C/C=C/C(=O)Nc1cccc(-c2cnc3[nH]cc(-c4cccnc4)c3c2)c1. The lowest BCUT2D eigenvalue weighted by Crippen LogP contribution is -2.12. The first-order valence-electron chi connectivity index (χ1n) is 9.70. The van der Waals surface area contributed by atoms with Crippen molar-refractivity contribution in [3.8, 4) is 22.3 Å². The van der Waals surface area contributed by atoms with Crippen LogP contribution in [-0.4, -0.2) is 46.4 Å². The topological polar surface area (TPSA) is 73.9 Å². The Labute approximate surface area is 175 Å². The van der Waals surface area contributed by atoms with E-state index in [1.165, 1.54) is 0 Å². The molecule has 0 aliphatic rings. The van der Waals surface area contributed by atoms with E-state index in [0.717, 1.165) is 45.5 Å². The summed E-state index contributed by atoms with van der Waals surface area (Å²) in [7, 11) is 3.92. The van der Waals surface area contributed by atoms with E-state index in [-0.39, 0.29) is 5.91 Å². The molecule has 0 atom stereocenters. The molecule has 3 heterocycles. The summed E-state index contributed by atoms with van der Waals surface area (Å²) < 4.78 is 0. The molecule has 0 aliphatic heterocycles. The maximum Gasteiger partial charge on any atom is 0.248 e. The molecular weight excluding hydrogens is 374 g/mol. The van der Waals surface area contributed by atoms with Crippen LogP contribution in [0, 0.1) is 0 Å². The number of nitrogens with zero attached hydrogens (tertiary/aromatic N) is 3. The summed E-state index contributed by atoms with van der Waals surface area (Å²) in [5.41, 5.74) is 5.63. The first-order chi connectivity index (χ1) is 14.6. The Morgan fingerprint density at radius 1 is 1.10 bits per heavy atom. The fourth-order valence-electron chi connectivity index (χ4n) is 3.25. The van der Waals surface area contributed by atoms with Crippen molar-refractivity contribution in [2.75, 3.05) is 26.0 Å². The third kappa shape index (κ3) is 4.45. The van der Waals surface area contributed by atoms with Crippen LogP contribution in [0.4, 0.5) is 5.69 Å². The van der Waals surface area contributed by atoms with Crippen molar-refractivity contribution in [2.45, 2.75) is 0 Å². The van der Waals surface area contributed by atoms with Gasteiger partial charge in [0.1, 0.15) is 5.65 Å². The number of hydrogen-bond acceptors (Lipinski definition) is 4. The Morgan fingerprint density at radius 3 is 2.77 bits per heavy atom. The number of nitrogens with one attached hydrogen (secondary N) is 2. The highest BCUT2D eigenvalue weighted by atomic mass is 16.1. The number of fused-ring (bicyclic) bond motifs is 1. The van der Waals surface area contributed by atoms with Gasteiger partial charge in [-0.05, 0) is 43.9 Å². The predicted octanol–water partition coefficient (Wildman–Crippen LogP) is 4.35. The molecule has 0 saturated carbocycles. The van der Waals surface area contributed by atoms with Crippen molar-refractivity contribution in [3.63, 3.8) is 0 Å². The number of hydrogen-bond donors (Lipinski definition) is 2. The number of rotatable bonds is 6. The molecule has 3 aromatic heterocycles. The molecule has 1 aromatic carbocycles. The molecule has 2 N–H and O–H groups in total. The summed E-state index contributed by atoms with van der Waals surface area (Å²) in [5, 5.41) is 3.95. The maximum atomic E-state index is 12.1. The molecule has 30 heavy (non-hydrogen) atoms. The highest BCUT2D eigenvalue weighted by Crippen LogP contribution is 2.31. The lowest BCUT2D eigenvalue weighted by molar-refractivity contribution is -0.111. The standard InChI is InChI=1S/C24H23N5O/c1-29(2)11-5-9-23(30)28-20-8-3-6-17(12-20)19-13-21-22(16-27-24(21)26-15-19)18-7-4-10-25-14-18/h3-10,12-16H,11H2,1-2H3,(H,26,27)(H,28,30)/b9-5+. The summed E-state index contributed by atoms with van der Waals surface area (Å²) in [6.45, 7) is 0.717. The average molecular weight is 397 g/mol.